The molecule has 28 heavy (non-hydrogen) atoms. The molecule has 146 valence electrons. The third kappa shape index (κ3) is 4.35. The molecule has 2 aromatic rings. The molecule has 0 aromatic heterocycles. The second-order valence-corrected chi connectivity index (χ2v) is 6.27. The van der Waals surface area contributed by atoms with Crippen LogP contribution < -0.4 is 20.1 Å². The van der Waals surface area contributed by atoms with E-state index in [0.29, 0.717) is 17.1 Å². The second kappa shape index (κ2) is 7.91. The summed E-state index contributed by atoms with van der Waals surface area (Å²) in [4.78, 5) is 22.6. The standard InChI is InChI=1S/C20H20N2O6/c1-11(23)21-8-7-13-3-6-17-18(9-13)28-20(22-12(2)24)19(27-17)14-4-5-15(25)16(26)10-14/h3-10,19-20,25-26H,1-2H3,(H,21,23)(H,22,24)/b8-7-. The molecule has 2 aromatic carbocycles. The molecule has 8 nitrogen and oxygen atoms in total. The Morgan fingerprint density at radius 2 is 1.75 bits per heavy atom. The van der Waals surface area contributed by atoms with E-state index in [-0.39, 0.29) is 23.3 Å². The number of rotatable bonds is 4. The van der Waals surface area contributed by atoms with E-state index < -0.39 is 12.3 Å². The van der Waals surface area contributed by atoms with Crippen LogP contribution in [0.2, 0.25) is 0 Å². The Morgan fingerprint density at radius 3 is 2.43 bits per heavy atom. The van der Waals surface area contributed by atoms with Crippen LogP contribution in [-0.2, 0) is 9.59 Å². The Hall–Kier alpha value is -3.68. The van der Waals surface area contributed by atoms with Gasteiger partial charge in [-0.3, -0.25) is 9.59 Å². The van der Waals surface area contributed by atoms with E-state index in [2.05, 4.69) is 10.6 Å². The number of ether oxygens (including phenoxy) is 2. The van der Waals surface area contributed by atoms with Crippen molar-refractivity contribution in [1.29, 1.82) is 0 Å². The highest BCUT2D eigenvalue weighted by Crippen LogP contribution is 2.41. The number of phenolic OH excluding ortho intramolecular Hbond substituents is 2. The maximum Gasteiger partial charge on any atom is 0.220 e. The van der Waals surface area contributed by atoms with Crippen molar-refractivity contribution in [3.05, 3.63) is 53.7 Å². The first-order valence-corrected chi connectivity index (χ1v) is 8.53. The van der Waals surface area contributed by atoms with Gasteiger partial charge in [-0.1, -0.05) is 12.1 Å². The predicted molar refractivity (Wildman–Crippen MR) is 101 cm³/mol. The molecule has 0 spiro atoms. The number of amides is 2. The number of nitrogens with one attached hydrogen (secondary N) is 2. The zero-order valence-corrected chi connectivity index (χ0v) is 15.3. The first kappa shape index (κ1) is 19.1. The molecule has 4 N–H and O–H groups in total. The number of phenols is 2. The summed E-state index contributed by atoms with van der Waals surface area (Å²) in [6.45, 7) is 2.77. The molecule has 0 bridgehead atoms. The molecule has 0 saturated heterocycles. The van der Waals surface area contributed by atoms with Gasteiger partial charge >= 0.3 is 0 Å². The van der Waals surface area contributed by atoms with E-state index in [1.54, 1.807) is 30.3 Å². The minimum Gasteiger partial charge on any atom is -0.504 e. The van der Waals surface area contributed by atoms with E-state index >= 15 is 0 Å². The average molecular weight is 384 g/mol. The maximum atomic E-state index is 11.6. The van der Waals surface area contributed by atoms with Crippen LogP contribution in [-0.4, -0.2) is 28.3 Å². The lowest BCUT2D eigenvalue weighted by atomic mass is 10.1. The molecule has 2 amide bonds. The number of fused-ring (bicyclic) bond motifs is 1. The Morgan fingerprint density at radius 1 is 0.964 bits per heavy atom. The highest BCUT2D eigenvalue weighted by Gasteiger charge is 2.34. The molecule has 8 heteroatoms. The molecule has 2 unspecified atom stereocenters. The van der Waals surface area contributed by atoms with Crippen molar-refractivity contribution in [2.24, 2.45) is 0 Å². The highest BCUT2D eigenvalue weighted by atomic mass is 16.6. The highest BCUT2D eigenvalue weighted by molar-refractivity contribution is 5.75. The molecule has 0 saturated carbocycles. The lowest BCUT2D eigenvalue weighted by Gasteiger charge is -2.34. The average Bonchev–Trinajstić information content (AvgIpc) is 2.62. The first-order valence-electron chi connectivity index (χ1n) is 8.53. The zero-order chi connectivity index (χ0) is 20.3. The fourth-order valence-corrected chi connectivity index (χ4v) is 2.74. The van der Waals surface area contributed by atoms with Gasteiger partial charge in [0.25, 0.3) is 0 Å². The van der Waals surface area contributed by atoms with Crippen LogP contribution in [0.3, 0.4) is 0 Å². The van der Waals surface area contributed by atoms with E-state index in [1.807, 2.05) is 0 Å². The van der Waals surface area contributed by atoms with Gasteiger partial charge in [0.1, 0.15) is 0 Å². The SMILES string of the molecule is CC(=O)N/C=C\c1ccc2c(c1)OC(NC(C)=O)C(c1ccc(O)c(O)c1)O2. The van der Waals surface area contributed by atoms with Crippen molar-refractivity contribution in [2.75, 3.05) is 0 Å². The Labute approximate surface area is 161 Å². The van der Waals surface area contributed by atoms with Crippen molar-refractivity contribution in [1.82, 2.24) is 10.6 Å². The summed E-state index contributed by atoms with van der Waals surface area (Å²) in [5, 5.41) is 24.5. The number of aromatic hydroxyl groups is 2. The normalized spacial score (nSPS) is 17.9. The Balaban J connectivity index is 1.90. The summed E-state index contributed by atoms with van der Waals surface area (Å²) in [6, 6.07) is 9.48. The maximum absolute atomic E-state index is 11.6. The number of carbonyl (C=O) groups excluding carboxylic acids is 2. The quantitative estimate of drug-likeness (QED) is 0.601. The van der Waals surface area contributed by atoms with Gasteiger partial charge in [-0.25, -0.2) is 0 Å². The third-order valence-corrected chi connectivity index (χ3v) is 3.99. The van der Waals surface area contributed by atoms with Gasteiger partial charge < -0.3 is 30.3 Å². The molecular weight excluding hydrogens is 364 g/mol. The van der Waals surface area contributed by atoms with E-state index in [0.717, 1.165) is 5.56 Å². The van der Waals surface area contributed by atoms with Crippen molar-refractivity contribution < 1.29 is 29.3 Å². The van der Waals surface area contributed by atoms with Gasteiger partial charge in [0.05, 0.1) is 0 Å². The first-order chi connectivity index (χ1) is 13.3. The molecule has 1 aliphatic rings. The van der Waals surface area contributed by atoms with Gasteiger partial charge in [0.2, 0.25) is 18.0 Å². The van der Waals surface area contributed by atoms with Gasteiger partial charge in [0.15, 0.2) is 29.1 Å². The van der Waals surface area contributed by atoms with Crippen LogP contribution >= 0.6 is 0 Å². The molecule has 1 heterocycles. The molecule has 3 rings (SSSR count). The van der Waals surface area contributed by atoms with Gasteiger partial charge in [-0.15, -0.1) is 0 Å². The van der Waals surface area contributed by atoms with Crippen LogP contribution in [0.1, 0.15) is 31.1 Å². The smallest absolute Gasteiger partial charge is 0.220 e. The Kier molecular flexibility index (Phi) is 5.39. The summed E-state index contributed by atoms with van der Waals surface area (Å²) >= 11 is 0. The summed E-state index contributed by atoms with van der Waals surface area (Å²) in [5.41, 5.74) is 1.28. The molecule has 0 radical (unpaired) electrons. The number of hydrogen-bond donors (Lipinski definition) is 4. The second-order valence-electron chi connectivity index (χ2n) is 6.27. The molecular formula is C20H20N2O6. The van der Waals surface area contributed by atoms with Gasteiger partial charge in [0, 0.05) is 25.6 Å². The lowest BCUT2D eigenvalue weighted by molar-refractivity contribution is -0.124. The van der Waals surface area contributed by atoms with Crippen LogP contribution in [0.4, 0.5) is 0 Å². The topological polar surface area (TPSA) is 117 Å². The predicted octanol–water partition coefficient (Wildman–Crippen LogP) is 2.18. The fraction of sp³-hybridized carbons (Fsp3) is 0.200. The van der Waals surface area contributed by atoms with Crippen molar-refractivity contribution in [3.8, 4) is 23.0 Å². The van der Waals surface area contributed by atoms with E-state index in [9.17, 15) is 19.8 Å². The largest absolute Gasteiger partial charge is 0.504 e. The van der Waals surface area contributed by atoms with E-state index in [1.165, 1.54) is 32.2 Å². The number of carbonyl (C=O) groups is 2. The zero-order valence-electron chi connectivity index (χ0n) is 15.3. The minimum atomic E-state index is -0.844. The Bertz CT molecular complexity index is 940. The number of benzene rings is 2. The third-order valence-electron chi connectivity index (χ3n) is 3.99. The summed E-state index contributed by atoms with van der Waals surface area (Å²) < 4.78 is 11.9. The number of hydrogen-bond acceptors (Lipinski definition) is 6. The van der Waals surface area contributed by atoms with Crippen molar-refractivity contribution >= 4 is 17.9 Å². The molecule has 1 aliphatic heterocycles. The van der Waals surface area contributed by atoms with Crippen LogP contribution in [0.15, 0.2) is 42.6 Å². The summed E-state index contributed by atoms with van der Waals surface area (Å²) in [6.07, 6.45) is 1.64. The van der Waals surface area contributed by atoms with Crippen LogP contribution in [0.5, 0.6) is 23.0 Å². The monoisotopic (exact) mass is 384 g/mol. The van der Waals surface area contributed by atoms with Gasteiger partial charge in [-0.05, 0) is 35.9 Å². The summed E-state index contributed by atoms with van der Waals surface area (Å²) in [7, 11) is 0. The van der Waals surface area contributed by atoms with E-state index in [4.69, 9.17) is 9.47 Å². The molecule has 0 aliphatic carbocycles. The molecule has 2 atom stereocenters. The summed E-state index contributed by atoms with van der Waals surface area (Å²) in [5.74, 6) is -0.176. The van der Waals surface area contributed by atoms with Gasteiger partial charge in [-0.2, -0.15) is 0 Å². The van der Waals surface area contributed by atoms with Crippen molar-refractivity contribution in [3.63, 3.8) is 0 Å². The van der Waals surface area contributed by atoms with Crippen molar-refractivity contribution in [2.45, 2.75) is 26.2 Å². The van der Waals surface area contributed by atoms with Crippen LogP contribution in [0, 0.1) is 0 Å². The fourth-order valence-electron chi connectivity index (χ4n) is 2.74. The minimum absolute atomic E-state index is 0.181. The van der Waals surface area contributed by atoms with Crippen LogP contribution in [0.25, 0.3) is 6.08 Å². The molecule has 0 fully saturated rings. The lowest BCUT2D eigenvalue weighted by Crippen LogP contribution is -2.46.